The molecule has 2 saturated heterocycles. The molecule has 0 aromatic heterocycles. The predicted octanol–water partition coefficient (Wildman–Crippen LogP) is 2.01. The topological polar surface area (TPSA) is 15.3 Å². The van der Waals surface area contributed by atoms with Gasteiger partial charge in [-0.05, 0) is 18.4 Å². The number of nitrogens with zero attached hydrogens (tertiary/aromatic N) is 1. The van der Waals surface area contributed by atoms with Crippen LogP contribution >= 0.6 is 0 Å². The van der Waals surface area contributed by atoms with Gasteiger partial charge in [-0.25, -0.2) is 0 Å². The summed E-state index contributed by atoms with van der Waals surface area (Å²) in [6.07, 6.45) is 4.14. The number of fused-ring (bicyclic) bond motifs is 2. The molecule has 2 aliphatic rings. The van der Waals surface area contributed by atoms with E-state index in [-0.39, 0.29) is 0 Å². The molecule has 16 heavy (non-hydrogen) atoms. The number of hydrogen-bond acceptors (Lipinski definition) is 2. The van der Waals surface area contributed by atoms with E-state index in [0.717, 1.165) is 18.6 Å². The van der Waals surface area contributed by atoms with Crippen LogP contribution in [0.1, 0.15) is 24.8 Å². The van der Waals surface area contributed by atoms with Crippen LogP contribution in [0.3, 0.4) is 0 Å². The molecule has 0 saturated carbocycles. The third-order valence-electron chi connectivity index (χ3n) is 3.78. The lowest BCUT2D eigenvalue weighted by Gasteiger charge is -2.42. The summed E-state index contributed by atoms with van der Waals surface area (Å²) in [5.74, 6) is 0. The molecule has 2 heteroatoms. The number of nitrogens with one attached hydrogen (secondary N) is 1. The van der Waals surface area contributed by atoms with Gasteiger partial charge in [0.2, 0.25) is 0 Å². The molecule has 1 N–H and O–H groups in total. The van der Waals surface area contributed by atoms with E-state index in [9.17, 15) is 0 Å². The van der Waals surface area contributed by atoms with Crippen molar-refractivity contribution in [2.24, 2.45) is 0 Å². The maximum absolute atomic E-state index is 3.73. The lowest BCUT2D eigenvalue weighted by Crippen LogP contribution is -2.58. The zero-order valence-electron chi connectivity index (χ0n) is 9.73. The summed E-state index contributed by atoms with van der Waals surface area (Å²) in [4.78, 5) is 2.61. The van der Waals surface area contributed by atoms with Gasteiger partial charge in [0.15, 0.2) is 0 Å². The van der Waals surface area contributed by atoms with Crippen molar-refractivity contribution in [3.8, 4) is 0 Å². The second-order valence-electron chi connectivity index (χ2n) is 5.17. The molecule has 2 heterocycles. The maximum Gasteiger partial charge on any atom is 0.0235 e. The number of rotatable bonds is 2. The lowest BCUT2D eigenvalue weighted by atomic mass is 9.94. The van der Waals surface area contributed by atoms with Crippen molar-refractivity contribution in [3.05, 3.63) is 35.9 Å². The minimum absolute atomic E-state index is 0.746. The monoisotopic (exact) mass is 216 g/mol. The quantitative estimate of drug-likeness (QED) is 0.813. The number of benzene rings is 1. The largest absolute Gasteiger partial charge is 0.309 e. The van der Waals surface area contributed by atoms with E-state index in [2.05, 4.69) is 40.5 Å². The average molecular weight is 216 g/mol. The molecule has 1 aromatic rings. The van der Waals surface area contributed by atoms with Crippen LogP contribution in [0.4, 0.5) is 0 Å². The van der Waals surface area contributed by atoms with Crippen LogP contribution in [-0.2, 0) is 6.54 Å². The second-order valence-corrected chi connectivity index (χ2v) is 5.17. The standard InChI is InChI=1S/C14H20N2/c1-2-5-12(6-3-1)9-16-10-13-7-4-8-14(11-16)15-13/h1-3,5-6,13-15H,4,7-11H2/t13-,14-/m0/s1. The Balaban J connectivity index is 1.63. The van der Waals surface area contributed by atoms with Crippen molar-refractivity contribution in [1.29, 1.82) is 0 Å². The third kappa shape index (κ3) is 2.28. The van der Waals surface area contributed by atoms with Gasteiger partial charge in [-0.15, -0.1) is 0 Å². The highest BCUT2D eigenvalue weighted by atomic mass is 15.2. The molecular formula is C14H20N2. The molecule has 3 rings (SSSR count). The number of piperazine rings is 1. The molecule has 2 aliphatic heterocycles. The van der Waals surface area contributed by atoms with Crippen LogP contribution in [0.2, 0.25) is 0 Å². The zero-order chi connectivity index (χ0) is 10.8. The first-order chi connectivity index (χ1) is 7.90. The van der Waals surface area contributed by atoms with E-state index in [1.54, 1.807) is 0 Å². The Hall–Kier alpha value is -0.860. The minimum atomic E-state index is 0.746. The third-order valence-corrected chi connectivity index (χ3v) is 3.78. The molecule has 0 aliphatic carbocycles. The minimum Gasteiger partial charge on any atom is -0.309 e. The molecule has 0 spiro atoms. The van der Waals surface area contributed by atoms with E-state index in [4.69, 9.17) is 0 Å². The molecule has 0 amide bonds. The van der Waals surface area contributed by atoms with Crippen molar-refractivity contribution in [2.45, 2.75) is 37.9 Å². The molecule has 1 aromatic carbocycles. The normalized spacial score (nSPS) is 30.2. The summed E-state index contributed by atoms with van der Waals surface area (Å²) >= 11 is 0. The van der Waals surface area contributed by atoms with E-state index < -0.39 is 0 Å². The molecule has 0 radical (unpaired) electrons. The smallest absolute Gasteiger partial charge is 0.0235 e. The summed E-state index contributed by atoms with van der Waals surface area (Å²) in [5.41, 5.74) is 1.45. The van der Waals surface area contributed by atoms with Gasteiger partial charge in [0.05, 0.1) is 0 Å². The Morgan fingerprint density at radius 2 is 1.75 bits per heavy atom. The molecule has 0 unspecified atom stereocenters. The molecule has 2 nitrogen and oxygen atoms in total. The maximum atomic E-state index is 3.73. The van der Waals surface area contributed by atoms with E-state index >= 15 is 0 Å². The fourth-order valence-electron chi connectivity index (χ4n) is 3.07. The highest BCUT2D eigenvalue weighted by molar-refractivity contribution is 5.14. The van der Waals surface area contributed by atoms with Gasteiger partial charge in [0.1, 0.15) is 0 Å². The first-order valence-corrected chi connectivity index (χ1v) is 6.42. The number of piperidine rings is 1. The summed E-state index contributed by atoms with van der Waals surface area (Å²) in [7, 11) is 0. The van der Waals surface area contributed by atoms with Gasteiger partial charge in [-0.2, -0.15) is 0 Å². The van der Waals surface area contributed by atoms with Crippen LogP contribution in [0.25, 0.3) is 0 Å². The van der Waals surface area contributed by atoms with Crippen LogP contribution in [0.5, 0.6) is 0 Å². The van der Waals surface area contributed by atoms with E-state index in [1.807, 2.05) is 0 Å². The first kappa shape index (κ1) is 10.3. The van der Waals surface area contributed by atoms with Crippen LogP contribution < -0.4 is 5.32 Å². The van der Waals surface area contributed by atoms with Crippen LogP contribution in [0, 0.1) is 0 Å². The van der Waals surface area contributed by atoms with Crippen LogP contribution in [-0.4, -0.2) is 30.1 Å². The fraction of sp³-hybridized carbons (Fsp3) is 0.571. The highest BCUT2D eigenvalue weighted by Gasteiger charge is 2.29. The molecule has 2 bridgehead atoms. The summed E-state index contributed by atoms with van der Waals surface area (Å²) < 4.78 is 0. The number of hydrogen-bond donors (Lipinski definition) is 1. The highest BCUT2D eigenvalue weighted by Crippen LogP contribution is 2.20. The van der Waals surface area contributed by atoms with Gasteiger partial charge in [0.25, 0.3) is 0 Å². The SMILES string of the molecule is c1ccc(CN2C[C@@H]3CCC[C@@H](C2)N3)cc1. The molecule has 2 atom stereocenters. The lowest BCUT2D eigenvalue weighted by molar-refractivity contribution is 0.119. The first-order valence-electron chi connectivity index (χ1n) is 6.42. The van der Waals surface area contributed by atoms with Gasteiger partial charge >= 0.3 is 0 Å². The summed E-state index contributed by atoms with van der Waals surface area (Å²) in [6.45, 7) is 3.58. The fourth-order valence-corrected chi connectivity index (χ4v) is 3.07. The van der Waals surface area contributed by atoms with Gasteiger partial charge < -0.3 is 5.32 Å². The van der Waals surface area contributed by atoms with Crippen LogP contribution in [0.15, 0.2) is 30.3 Å². The molecule has 2 fully saturated rings. The second kappa shape index (κ2) is 4.56. The van der Waals surface area contributed by atoms with E-state index in [0.29, 0.717) is 0 Å². The summed E-state index contributed by atoms with van der Waals surface area (Å²) in [6, 6.07) is 12.3. The Bertz CT molecular complexity index is 324. The van der Waals surface area contributed by atoms with Crippen molar-refractivity contribution < 1.29 is 0 Å². The molecule has 86 valence electrons. The Kier molecular flexibility index (Phi) is 2.94. The molecular weight excluding hydrogens is 196 g/mol. The number of likely N-dealkylation sites (tertiary alicyclic amines) is 1. The van der Waals surface area contributed by atoms with Gasteiger partial charge in [0, 0.05) is 31.7 Å². The predicted molar refractivity (Wildman–Crippen MR) is 66.3 cm³/mol. The Morgan fingerprint density at radius 3 is 2.44 bits per heavy atom. The Morgan fingerprint density at radius 1 is 1.06 bits per heavy atom. The van der Waals surface area contributed by atoms with Crippen molar-refractivity contribution in [3.63, 3.8) is 0 Å². The van der Waals surface area contributed by atoms with Crippen molar-refractivity contribution in [2.75, 3.05) is 13.1 Å². The van der Waals surface area contributed by atoms with Gasteiger partial charge in [-0.1, -0.05) is 36.8 Å². The van der Waals surface area contributed by atoms with E-state index in [1.165, 1.54) is 37.9 Å². The van der Waals surface area contributed by atoms with Crippen molar-refractivity contribution in [1.82, 2.24) is 10.2 Å². The average Bonchev–Trinajstić information content (AvgIpc) is 2.30. The zero-order valence-corrected chi connectivity index (χ0v) is 9.73. The van der Waals surface area contributed by atoms with Gasteiger partial charge in [-0.3, -0.25) is 4.90 Å². The summed E-state index contributed by atoms with van der Waals surface area (Å²) in [5, 5.41) is 3.73. The van der Waals surface area contributed by atoms with Crippen molar-refractivity contribution >= 4 is 0 Å². The Labute approximate surface area is 97.6 Å².